The van der Waals surface area contributed by atoms with E-state index in [4.69, 9.17) is 0 Å². The summed E-state index contributed by atoms with van der Waals surface area (Å²) in [5.41, 5.74) is 1.89. The third-order valence-electron chi connectivity index (χ3n) is 2.68. The molecule has 0 saturated heterocycles. The zero-order chi connectivity index (χ0) is 13.0. The molecule has 0 aliphatic carbocycles. The first-order valence-electron chi connectivity index (χ1n) is 5.68. The third-order valence-corrected chi connectivity index (χ3v) is 2.68. The second-order valence-electron chi connectivity index (χ2n) is 3.97. The van der Waals surface area contributed by atoms with Crippen LogP contribution in [0, 0.1) is 0 Å². The van der Waals surface area contributed by atoms with Crippen LogP contribution in [-0.2, 0) is 6.42 Å². The van der Waals surface area contributed by atoms with Gasteiger partial charge in [0.25, 0.3) is 5.91 Å². The van der Waals surface area contributed by atoms with Gasteiger partial charge in [0.1, 0.15) is 5.69 Å². The number of ketones is 1. The molecule has 0 fully saturated rings. The highest BCUT2D eigenvalue weighted by atomic mass is 16.1. The Bertz CT molecular complexity index is 558. The summed E-state index contributed by atoms with van der Waals surface area (Å²) in [7, 11) is 1.55. The number of nitrogens with one attached hydrogen (secondary N) is 2. The summed E-state index contributed by atoms with van der Waals surface area (Å²) in [6, 6.07) is 11.1. The molecular formula is C14H14N2O2. The van der Waals surface area contributed by atoms with Crippen LogP contribution in [-0.4, -0.2) is 23.7 Å². The molecule has 1 amide bonds. The molecule has 92 valence electrons. The van der Waals surface area contributed by atoms with E-state index < -0.39 is 0 Å². The minimum Gasteiger partial charge on any atom is -0.356 e. The number of amides is 1. The van der Waals surface area contributed by atoms with Crippen molar-refractivity contribution in [3.63, 3.8) is 0 Å². The quantitative estimate of drug-likeness (QED) is 0.803. The molecule has 4 heteroatoms. The Balaban J connectivity index is 2.10. The van der Waals surface area contributed by atoms with Crippen LogP contribution in [0.25, 0.3) is 0 Å². The van der Waals surface area contributed by atoms with Crippen molar-refractivity contribution in [2.45, 2.75) is 6.42 Å². The summed E-state index contributed by atoms with van der Waals surface area (Å²) in [4.78, 5) is 26.1. The minimum absolute atomic E-state index is 0.00685. The first-order chi connectivity index (χ1) is 8.70. The highest BCUT2D eigenvalue weighted by Crippen LogP contribution is 2.09. The van der Waals surface area contributed by atoms with Crippen molar-refractivity contribution in [1.82, 2.24) is 10.3 Å². The lowest BCUT2D eigenvalue weighted by Crippen LogP contribution is -2.17. The van der Waals surface area contributed by atoms with E-state index in [0.717, 1.165) is 5.56 Å². The first kappa shape index (κ1) is 12.1. The van der Waals surface area contributed by atoms with Crippen LogP contribution in [0.3, 0.4) is 0 Å². The van der Waals surface area contributed by atoms with Crippen LogP contribution in [0.15, 0.2) is 42.6 Å². The summed E-state index contributed by atoms with van der Waals surface area (Å²) in [6.45, 7) is 0. The summed E-state index contributed by atoms with van der Waals surface area (Å²) >= 11 is 0. The summed E-state index contributed by atoms with van der Waals surface area (Å²) in [5.74, 6) is -0.235. The van der Waals surface area contributed by atoms with Crippen LogP contribution < -0.4 is 5.32 Å². The fourth-order valence-corrected chi connectivity index (χ4v) is 1.70. The molecule has 0 saturated carbocycles. The molecule has 18 heavy (non-hydrogen) atoms. The van der Waals surface area contributed by atoms with Crippen molar-refractivity contribution < 1.29 is 9.59 Å². The maximum Gasteiger partial charge on any atom is 0.267 e. The number of hydrogen-bond donors (Lipinski definition) is 2. The lowest BCUT2D eigenvalue weighted by molar-refractivity contribution is 0.0958. The zero-order valence-electron chi connectivity index (χ0n) is 10.1. The van der Waals surface area contributed by atoms with Gasteiger partial charge in [0, 0.05) is 25.2 Å². The van der Waals surface area contributed by atoms with E-state index in [1.54, 1.807) is 19.3 Å². The molecule has 0 atom stereocenters. The molecule has 1 heterocycles. The van der Waals surface area contributed by atoms with Crippen LogP contribution >= 0.6 is 0 Å². The van der Waals surface area contributed by atoms with Crippen LogP contribution in [0.1, 0.15) is 26.4 Å². The van der Waals surface area contributed by atoms with E-state index in [0.29, 0.717) is 17.7 Å². The lowest BCUT2D eigenvalue weighted by atomic mass is 10.1. The van der Waals surface area contributed by atoms with E-state index in [1.807, 2.05) is 30.3 Å². The van der Waals surface area contributed by atoms with Gasteiger partial charge in [-0.3, -0.25) is 9.59 Å². The minimum atomic E-state index is -0.228. The standard InChI is InChI=1S/C14H14N2O2/c1-15-14(18)12-8-11(9-16-12)13(17)7-10-5-3-2-4-6-10/h2-6,8-9,16H,7H2,1H3,(H,15,18). The predicted octanol–water partition coefficient (Wildman–Crippen LogP) is 1.80. The van der Waals surface area contributed by atoms with Crippen LogP contribution in [0.4, 0.5) is 0 Å². The average molecular weight is 242 g/mol. The zero-order valence-corrected chi connectivity index (χ0v) is 10.1. The van der Waals surface area contributed by atoms with E-state index in [1.165, 1.54) is 0 Å². The molecule has 0 unspecified atom stereocenters. The van der Waals surface area contributed by atoms with Gasteiger partial charge >= 0.3 is 0 Å². The number of H-pyrrole nitrogens is 1. The largest absolute Gasteiger partial charge is 0.356 e. The molecule has 1 aromatic heterocycles. The molecule has 4 nitrogen and oxygen atoms in total. The molecule has 0 aliphatic rings. The maximum absolute atomic E-state index is 12.0. The van der Waals surface area contributed by atoms with Crippen molar-refractivity contribution in [2.75, 3.05) is 7.05 Å². The number of rotatable bonds is 4. The molecule has 0 radical (unpaired) electrons. The van der Waals surface area contributed by atoms with Crippen molar-refractivity contribution in [3.8, 4) is 0 Å². The van der Waals surface area contributed by atoms with Gasteiger partial charge in [0.05, 0.1) is 0 Å². The second-order valence-corrected chi connectivity index (χ2v) is 3.97. The SMILES string of the molecule is CNC(=O)c1cc(C(=O)Cc2ccccc2)c[nH]1. The Morgan fingerprint density at radius 1 is 1.22 bits per heavy atom. The van der Waals surface area contributed by atoms with Crippen molar-refractivity contribution >= 4 is 11.7 Å². The van der Waals surface area contributed by atoms with E-state index in [-0.39, 0.29) is 11.7 Å². The van der Waals surface area contributed by atoms with Gasteiger partial charge in [-0.05, 0) is 11.6 Å². The average Bonchev–Trinajstić information content (AvgIpc) is 2.88. The van der Waals surface area contributed by atoms with Crippen LogP contribution in [0.5, 0.6) is 0 Å². The predicted molar refractivity (Wildman–Crippen MR) is 68.7 cm³/mol. The van der Waals surface area contributed by atoms with Gasteiger partial charge in [-0.15, -0.1) is 0 Å². The molecule has 1 aromatic carbocycles. The van der Waals surface area contributed by atoms with Crippen molar-refractivity contribution in [1.29, 1.82) is 0 Å². The smallest absolute Gasteiger partial charge is 0.267 e. The van der Waals surface area contributed by atoms with Crippen molar-refractivity contribution in [3.05, 3.63) is 59.4 Å². The second kappa shape index (κ2) is 5.31. The topological polar surface area (TPSA) is 62.0 Å². The molecule has 0 spiro atoms. The monoisotopic (exact) mass is 242 g/mol. The fourth-order valence-electron chi connectivity index (χ4n) is 1.70. The van der Waals surface area contributed by atoms with Gasteiger partial charge < -0.3 is 10.3 Å². The number of Topliss-reactive ketones (excluding diaryl/α,β-unsaturated/α-hetero) is 1. The number of aromatic amines is 1. The number of carbonyl (C=O) groups is 2. The van der Waals surface area contributed by atoms with Gasteiger partial charge in [-0.1, -0.05) is 30.3 Å². The van der Waals surface area contributed by atoms with E-state index in [2.05, 4.69) is 10.3 Å². The molecule has 0 bridgehead atoms. The normalized spacial score (nSPS) is 10.1. The van der Waals surface area contributed by atoms with Gasteiger partial charge in [-0.25, -0.2) is 0 Å². The van der Waals surface area contributed by atoms with Crippen LogP contribution in [0.2, 0.25) is 0 Å². The Kier molecular flexibility index (Phi) is 3.57. The van der Waals surface area contributed by atoms with Gasteiger partial charge in [-0.2, -0.15) is 0 Å². The Morgan fingerprint density at radius 3 is 2.61 bits per heavy atom. The summed E-state index contributed by atoms with van der Waals surface area (Å²) in [5, 5.41) is 2.50. The number of aromatic nitrogens is 1. The van der Waals surface area contributed by atoms with Gasteiger partial charge in [0.2, 0.25) is 0 Å². The fraction of sp³-hybridized carbons (Fsp3) is 0.143. The number of carbonyl (C=O) groups excluding carboxylic acids is 2. The molecule has 2 aromatic rings. The summed E-state index contributed by atoms with van der Waals surface area (Å²) in [6.07, 6.45) is 1.90. The van der Waals surface area contributed by atoms with E-state index in [9.17, 15) is 9.59 Å². The van der Waals surface area contributed by atoms with Crippen molar-refractivity contribution in [2.24, 2.45) is 0 Å². The molecule has 2 N–H and O–H groups in total. The Hall–Kier alpha value is -2.36. The Morgan fingerprint density at radius 2 is 1.94 bits per heavy atom. The lowest BCUT2D eigenvalue weighted by Gasteiger charge is -1.98. The first-order valence-corrected chi connectivity index (χ1v) is 5.68. The number of hydrogen-bond acceptors (Lipinski definition) is 2. The van der Waals surface area contributed by atoms with Gasteiger partial charge in [0.15, 0.2) is 5.78 Å². The highest BCUT2D eigenvalue weighted by Gasteiger charge is 2.12. The Labute approximate surface area is 105 Å². The summed E-state index contributed by atoms with van der Waals surface area (Å²) < 4.78 is 0. The molecular weight excluding hydrogens is 228 g/mol. The molecule has 0 aliphatic heterocycles. The third kappa shape index (κ3) is 2.66. The highest BCUT2D eigenvalue weighted by molar-refractivity contribution is 6.00. The maximum atomic E-state index is 12.0. The van der Waals surface area contributed by atoms with E-state index >= 15 is 0 Å². The number of benzene rings is 1. The molecule has 2 rings (SSSR count).